The SMILES string of the molecule is CCCNC(=O)C[C@H]1CC[C@@H]2[C@H](COc3ccc(NC(=O)c4cccc(OC)c4)cc3C(=O)N2C)O1. The molecule has 2 aliphatic heterocycles. The zero-order chi connectivity index (χ0) is 25.7. The lowest BCUT2D eigenvalue weighted by atomic mass is 9.94. The minimum atomic E-state index is -0.336. The van der Waals surface area contributed by atoms with E-state index in [4.69, 9.17) is 14.2 Å². The van der Waals surface area contributed by atoms with Gasteiger partial charge in [-0.05, 0) is 55.7 Å². The number of benzene rings is 2. The quantitative estimate of drug-likeness (QED) is 0.611. The molecule has 2 heterocycles. The third-order valence-electron chi connectivity index (χ3n) is 6.59. The Morgan fingerprint density at radius 1 is 1.17 bits per heavy atom. The van der Waals surface area contributed by atoms with Gasteiger partial charge in [0, 0.05) is 24.8 Å². The second-order valence-corrected chi connectivity index (χ2v) is 9.12. The first kappa shape index (κ1) is 25.5. The largest absolute Gasteiger partial charge is 0.497 e. The summed E-state index contributed by atoms with van der Waals surface area (Å²) in [4.78, 5) is 40.0. The Bertz CT molecular complexity index is 1120. The van der Waals surface area contributed by atoms with Gasteiger partial charge in [0.1, 0.15) is 24.2 Å². The van der Waals surface area contributed by atoms with Gasteiger partial charge in [-0.25, -0.2) is 0 Å². The molecule has 9 heteroatoms. The topological polar surface area (TPSA) is 106 Å². The molecule has 192 valence electrons. The van der Waals surface area contributed by atoms with Crippen LogP contribution in [0, 0.1) is 0 Å². The molecule has 0 unspecified atom stereocenters. The first-order valence-corrected chi connectivity index (χ1v) is 12.3. The minimum Gasteiger partial charge on any atom is -0.497 e. The van der Waals surface area contributed by atoms with Crippen molar-refractivity contribution in [2.75, 3.05) is 32.6 Å². The van der Waals surface area contributed by atoms with E-state index in [1.165, 1.54) is 0 Å². The number of ether oxygens (including phenoxy) is 3. The van der Waals surface area contributed by atoms with Crippen molar-refractivity contribution in [3.63, 3.8) is 0 Å². The summed E-state index contributed by atoms with van der Waals surface area (Å²) in [6.45, 7) is 2.92. The number of amides is 3. The Kier molecular flexibility index (Phi) is 8.10. The first-order chi connectivity index (χ1) is 17.4. The van der Waals surface area contributed by atoms with Crippen molar-refractivity contribution in [2.24, 2.45) is 0 Å². The molecule has 4 rings (SSSR count). The number of anilines is 1. The maximum atomic E-state index is 13.4. The third kappa shape index (κ3) is 5.79. The van der Waals surface area contributed by atoms with Gasteiger partial charge in [0.25, 0.3) is 11.8 Å². The number of hydrogen-bond donors (Lipinski definition) is 2. The molecule has 0 radical (unpaired) electrons. The molecule has 9 nitrogen and oxygen atoms in total. The van der Waals surface area contributed by atoms with E-state index in [9.17, 15) is 14.4 Å². The molecule has 0 spiro atoms. The van der Waals surface area contributed by atoms with Crippen LogP contribution in [0.25, 0.3) is 0 Å². The van der Waals surface area contributed by atoms with Gasteiger partial charge in [0.05, 0.1) is 31.2 Å². The Hall–Kier alpha value is -3.59. The molecule has 3 atom stereocenters. The van der Waals surface area contributed by atoms with Crippen molar-refractivity contribution in [3.8, 4) is 11.5 Å². The van der Waals surface area contributed by atoms with E-state index in [2.05, 4.69) is 10.6 Å². The van der Waals surface area contributed by atoms with E-state index in [-0.39, 0.29) is 42.6 Å². The summed E-state index contributed by atoms with van der Waals surface area (Å²) in [5.41, 5.74) is 1.31. The monoisotopic (exact) mass is 495 g/mol. The zero-order valence-electron chi connectivity index (χ0n) is 20.9. The molecule has 0 saturated carbocycles. The van der Waals surface area contributed by atoms with Crippen LogP contribution in [0.4, 0.5) is 5.69 Å². The Morgan fingerprint density at radius 3 is 2.78 bits per heavy atom. The van der Waals surface area contributed by atoms with E-state index in [0.717, 1.165) is 6.42 Å². The van der Waals surface area contributed by atoms with Crippen LogP contribution in [-0.4, -0.2) is 68.2 Å². The lowest BCUT2D eigenvalue weighted by Crippen LogP contribution is -2.54. The minimum absolute atomic E-state index is 0.0228. The fourth-order valence-electron chi connectivity index (χ4n) is 4.62. The number of carbonyl (C=O) groups excluding carboxylic acids is 3. The summed E-state index contributed by atoms with van der Waals surface area (Å²) >= 11 is 0. The van der Waals surface area contributed by atoms with Crippen LogP contribution in [0.3, 0.4) is 0 Å². The van der Waals surface area contributed by atoms with Crippen LogP contribution < -0.4 is 20.1 Å². The standard InChI is InChI=1S/C27H33N3O6/c1-4-12-28-25(31)15-20-9-10-22-24(36-20)16-35-23-11-8-18(14-21(23)27(33)30(22)2)29-26(32)17-6-5-7-19(13-17)34-3/h5-8,11,13-14,20,22,24H,4,9-10,12,15-16H2,1-3H3,(H,28,31)(H,29,32)/t20-,22-,24+/m1/s1. The fourth-order valence-corrected chi connectivity index (χ4v) is 4.62. The van der Waals surface area contributed by atoms with Gasteiger partial charge in [-0.15, -0.1) is 0 Å². The van der Waals surface area contributed by atoms with Crippen molar-refractivity contribution in [3.05, 3.63) is 53.6 Å². The lowest BCUT2D eigenvalue weighted by molar-refractivity contribution is -0.134. The molecule has 0 aromatic heterocycles. The van der Waals surface area contributed by atoms with Crippen molar-refractivity contribution >= 4 is 23.4 Å². The molecule has 1 saturated heterocycles. The molecular weight excluding hydrogens is 462 g/mol. The van der Waals surface area contributed by atoms with Crippen LogP contribution >= 0.6 is 0 Å². The number of carbonyl (C=O) groups is 3. The predicted molar refractivity (Wildman–Crippen MR) is 135 cm³/mol. The lowest BCUT2D eigenvalue weighted by Gasteiger charge is -2.42. The highest BCUT2D eigenvalue weighted by atomic mass is 16.5. The molecular formula is C27H33N3O6. The summed E-state index contributed by atoms with van der Waals surface area (Å²) in [5.74, 6) is 0.469. The molecule has 36 heavy (non-hydrogen) atoms. The van der Waals surface area contributed by atoms with Gasteiger partial charge >= 0.3 is 0 Å². The predicted octanol–water partition coefficient (Wildman–Crippen LogP) is 3.24. The number of nitrogens with zero attached hydrogens (tertiary/aromatic N) is 1. The van der Waals surface area contributed by atoms with Crippen molar-refractivity contribution in [2.45, 2.75) is 50.9 Å². The molecule has 3 amide bonds. The highest BCUT2D eigenvalue weighted by Crippen LogP contribution is 2.32. The first-order valence-electron chi connectivity index (χ1n) is 12.3. The summed E-state index contributed by atoms with van der Waals surface area (Å²) in [6, 6.07) is 11.7. The summed E-state index contributed by atoms with van der Waals surface area (Å²) in [5, 5.41) is 5.73. The molecule has 2 N–H and O–H groups in total. The van der Waals surface area contributed by atoms with Crippen LogP contribution in [0.1, 0.15) is 53.3 Å². The van der Waals surface area contributed by atoms with Crippen molar-refractivity contribution in [1.82, 2.24) is 10.2 Å². The molecule has 0 aliphatic carbocycles. The van der Waals surface area contributed by atoms with E-state index in [1.807, 2.05) is 6.92 Å². The van der Waals surface area contributed by atoms with Gasteiger partial charge in [0.2, 0.25) is 5.91 Å². The number of methoxy groups -OCH3 is 1. The molecule has 0 bridgehead atoms. The summed E-state index contributed by atoms with van der Waals surface area (Å²) < 4.78 is 17.4. The highest BCUT2D eigenvalue weighted by molar-refractivity contribution is 6.05. The van der Waals surface area contributed by atoms with Gasteiger partial charge in [-0.3, -0.25) is 14.4 Å². The number of hydrogen-bond acceptors (Lipinski definition) is 6. The van der Waals surface area contributed by atoms with Gasteiger partial charge < -0.3 is 29.7 Å². The molecule has 2 aromatic rings. The van der Waals surface area contributed by atoms with Crippen LogP contribution in [0.2, 0.25) is 0 Å². The Morgan fingerprint density at radius 2 is 2.00 bits per heavy atom. The van der Waals surface area contributed by atoms with Crippen LogP contribution in [0.15, 0.2) is 42.5 Å². The zero-order valence-corrected chi connectivity index (χ0v) is 20.9. The van der Waals surface area contributed by atoms with Crippen LogP contribution in [-0.2, 0) is 9.53 Å². The number of fused-ring (bicyclic) bond motifs is 2. The summed E-state index contributed by atoms with van der Waals surface area (Å²) in [7, 11) is 3.30. The van der Waals surface area contributed by atoms with Gasteiger partial charge in [-0.1, -0.05) is 13.0 Å². The van der Waals surface area contributed by atoms with Crippen LogP contribution in [0.5, 0.6) is 11.5 Å². The van der Waals surface area contributed by atoms with E-state index in [1.54, 1.807) is 61.5 Å². The van der Waals surface area contributed by atoms with Gasteiger partial charge in [0.15, 0.2) is 0 Å². The summed E-state index contributed by atoms with van der Waals surface area (Å²) in [6.07, 6.45) is 2.04. The van der Waals surface area contributed by atoms with E-state index < -0.39 is 0 Å². The normalized spacial score (nSPS) is 21.2. The second-order valence-electron chi connectivity index (χ2n) is 9.12. The highest BCUT2D eigenvalue weighted by Gasteiger charge is 2.39. The van der Waals surface area contributed by atoms with Crippen molar-refractivity contribution in [1.29, 1.82) is 0 Å². The number of nitrogens with one attached hydrogen (secondary N) is 2. The maximum absolute atomic E-state index is 13.4. The smallest absolute Gasteiger partial charge is 0.257 e. The third-order valence-corrected chi connectivity index (χ3v) is 6.59. The van der Waals surface area contributed by atoms with E-state index in [0.29, 0.717) is 54.1 Å². The Balaban J connectivity index is 1.46. The molecule has 2 aromatic carbocycles. The number of likely N-dealkylation sites (N-methyl/N-ethyl adjacent to an activating group) is 1. The maximum Gasteiger partial charge on any atom is 0.257 e. The van der Waals surface area contributed by atoms with Crippen molar-refractivity contribution < 1.29 is 28.6 Å². The van der Waals surface area contributed by atoms with E-state index >= 15 is 0 Å². The molecule has 1 fully saturated rings. The molecule has 2 aliphatic rings. The Labute approximate surface area is 211 Å². The average Bonchev–Trinajstić information content (AvgIpc) is 2.89. The number of rotatable bonds is 7. The second kappa shape index (κ2) is 11.4. The fraction of sp³-hybridized carbons (Fsp3) is 0.444. The average molecular weight is 496 g/mol. The van der Waals surface area contributed by atoms with Gasteiger partial charge in [-0.2, -0.15) is 0 Å².